The van der Waals surface area contributed by atoms with E-state index in [2.05, 4.69) is 0 Å². The van der Waals surface area contributed by atoms with E-state index in [1.165, 1.54) is 18.2 Å². The van der Waals surface area contributed by atoms with E-state index in [1.54, 1.807) is 0 Å². The zero-order chi connectivity index (χ0) is 30.9. The molecular weight excluding hydrogens is 622 g/mol. The Hall–Kier alpha value is -3.23. The van der Waals surface area contributed by atoms with Crippen LogP contribution in [0.2, 0.25) is 0 Å². The molecule has 3 rings (SSSR count). The van der Waals surface area contributed by atoms with Gasteiger partial charge >= 0.3 is 256 Å². The topological polar surface area (TPSA) is 146 Å². The van der Waals surface area contributed by atoms with Crippen LogP contribution in [0.4, 0.5) is 0 Å². The molecule has 12 nitrogen and oxygen atoms in total. The summed E-state index contributed by atoms with van der Waals surface area (Å²) in [5.74, 6) is 0.311. The number of ether oxygens (including phenoxy) is 3. The van der Waals surface area contributed by atoms with Gasteiger partial charge in [-0.05, 0) is 0 Å². The van der Waals surface area contributed by atoms with Crippen LogP contribution in [0.5, 0.6) is 17.2 Å². The Balaban J connectivity index is 1.77. The summed E-state index contributed by atoms with van der Waals surface area (Å²) in [5.41, 5.74) is -1.54. The molecule has 0 saturated heterocycles. The first kappa shape index (κ1) is 34.3. The average molecular weight is 661 g/mol. The van der Waals surface area contributed by atoms with Crippen molar-refractivity contribution in [1.29, 1.82) is 0 Å². The standard InChI is InChI=1S/3C10H14O4.Ga/c3*1-2-3-4-13-6-8-5-9(11)10(12)7-14-8;/h3*5,7,12H,2-4,6H2,1H3;/q;;;+3/p-3. The van der Waals surface area contributed by atoms with Crippen LogP contribution in [0.15, 0.2) is 64.6 Å². The third-order valence-electron chi connectivity index (χ3n) is 5.89. The van der Waals surface area contributed by atoms with Gasteiger partial charge in [-0.1, -0.05) is 0 Å². The molecule has 3 aromatic rings. The molecular formula is C30H39GaO12. The molecule has 234 valence electrons. The van der Waals surface area contributed by atoms with E-state index in [-0.39, 0.29) is 37.1 Å². The quantitative estimate of drug-likeness (QED) is 0.112. The predicted octanol–water partition coefficient (Wildman–Crippen LogP) is 5.02. The molecule has 0 atom stereocenters. The molecule has 43 heavy (non-hydrogen) atoms. The Kier molecular flexibility index (Phi) is 15.2. The zero-order valence-corrected chi connectivity index (χ0v) is 27.3. The van der Waals surface area contributed by atoms with Crippen LogP contribution in [-0.4, -0.2) is 37.1 Å². The van der Waals surface area contributed by atoms with E-state index >= 15 is 0 Å². The summed E-state index contributed by atoms with van der Waals surface area (Å²) >= 11 is -4.12. The molecule has 0 aliphatic carbocycles. The summed E-state index contributed by atoms with van der Waals surface area (Å²) in [6.45, 7) is 8.12. The molecule has 0 aromatic carbocycles. The van der Waals surface area contributed by atoms with Crippen LogP contribution in [0.1, 0.15) is 76.6 Å². The maximum absolute atomic E-state index is 12.8. The van der Waals surface area contributed by atoms with Gasteiger partial charge in [0.2, 0.25) is 0 Å². The van der Waals surface area contributed by atoms with E-state index in [4.69, 9.17) is 38.0 Å². The summed E-state index contributed by atoms with van der Waals surface area (Å²) in [7, 11) is 0. The first-order valence-corrected chi connectivity index (χ1v) is 17.5. The van der Waals surface area contributed by atoms with Crippen molar-refractivity contribution >= 4 is 17.3 Å². The third kappa shape index (κ3) is 12.1. The Bertz CT molecular complexity index is 1240. The molecule has 13 heteroatoms. The first-order chi connectivity index (χ1) is 20.9. The van der Waals surface area contributed by atoms with Crippen molar-refractivity contribution in [2.75, 3.05) is 19.8 Å². The van der Waals surface area contributed by atoms with Gasteiger partial charge < -0.3 is 0 Å². The fourth-order valence-electron chi connectivity index (χ4n) is 3.44. The molecule has 0 amide bonds. The molecule has 0 N–H and O–H groups in total. The van der Waals surface area contributed by atoms with Crippen LogP contribution in [-0.2, 0) is 34.0 Å². The molecule has 0 aliphatic heterocycles. The number of rotatable bonds is 21. The van der Waals surface area contributed by atoms with E-state index in [9.17, 15) is 14.4 Å². The second-order valence-corrected chi connectivity index (χ2v) is 12.3. The first-order valence-electron chi connectivity index (χ1n) is 14.5. The van der Waals surface area contributed by atoms with Crippen molar-refractivity contribution < 1.29 is 38.0 Å². The van der Waals surface area contributed by atoms with Crippen molar-refractivity contribution in [2.45, 2.75) is 79.1 Å². The van der Waals surface area contributed by atoms with Gasteiger partial charge in [-0.2, -0.15) is 0 Å². The SMILES string of the molecule is CCCCOCc1cc(=O)c([O][Ga]([O]c2coc(COCCCC)cc2=O)[O]c2coc(COCCCC)cc2=O)co1. The Morgan fingerprint density at radius 1 is 0.535 bits per heavy atom. The molecule has 0 saturated carbocycles. The second-order valence-electron chi connectivity index (χ2n) is 9.59. The second kappa shape index (κ2) is 19.1. The van der Waals surface area contributed by atoms with Gasteiger partial charge in [0.15, 0.2) is 0 Å². The fraction of sp³-hybridized carbons (Fsp3) is 0.500. The Labute approximate surface area is 256 Å². The summed E-state index contributed by atoms with van der Waals surface area (Å²) in [6, 6.07) is 3.72. The molecule has 0 fully saturated rings. The Morgan fingerprint density at radius 3 is 1.09 bits per heavy atom. The number of hydrogen-bond acceptors (Lipinski definition) is 12. The monoisotopic (exact) mass is 660 g/mol. The summed E-state index contributed by atoms with van der Waals surface area (Å²) in [6.07, 6.45) is 8.94. The molecule has 0 aliphatic rings. The summed E-state index contributed by atoms with van der Waals surface area (Å²) < 4.78 is 50.3. The maximum atomic E-state index is 12.8. The van der Waals surface area contributed by atoms with Crippen molar-refractivity contribution in [3.63, 3.8) is 0 Å². The van der Waals surface area contributed by atoms with Crippen LogP contribution in [0.25, 0.3) is 0 Å². The van der Waals surface area contributed by atoms with Gasteiger partial charge in [-0.25, -0.2) is 0 Å². The van der Waals surface area contributed by atoms with Crippen LogP contribution >= 0.6 is 0 Å². The molecule has 0 unspecified atom stereocenters. The van der Waals surface area contributed by atoms with Gasteiger partial charge in [0.05, 0.1) is 0 Å². The molecule has 0 bridgehead atoms. The average Bonchev–Trinajstić information content (AvgIpc) is 2.99. The van der Waals surface area contributed by atoms with Crippen LogP contribution in [0, 0.1) is 0 Å². The van der Waals surface area contributed by atoms with Crippen molar-refractivity contribution in [1.82, 2.24) is 0 Å². The molecule has 0 radical (unpaired) electrons. The van der Waals surface area contributed by atoms with Crippen molar-refractivity contribution in [3.05, 3.63) is 84.9 Å². The third-order valence-corrected chi connectivity index (χ3v) is 8.70. The van der Waals surface area contributed by atoms with Gasteiger partial charge in [-0.3, -0.25) is 0 Å². The van der Waals surface area contributed by atoms with Crippen molar-refractivity contribution in [2.24, 2.45) is 0 Å². The van der Waals surface area contributed by atoms with E-state index in [1.807, 2.05) is 20.8 Å². The van der Waals surface area contributed by atoms with Gasteiger partial charge in [0.25, 0.3) is 0 Å². The van der Waals surface area contributed by atoms with E-state index < -0.39 is 33.6 Å². The molecule has 3 heterocycles. The minimum atomic E-state index is -4.12. The predicted molar refractivity (Wildman–Crippen MR) is 156 cm³/mol. The van der Waals surface area contributed by atoms with E-state index in [0.717, 1.165) is 57.3 Å². The van der Waals surface area contributed by atoms with Gasteiger partial charge in [-0.15, -0.1) is 0 Å². The Morgan fingerprint density at radius 2 is 0.837 bits per heavy atom. The number of hydrogen-bond donors (Lipinski definition) is 0. The number of unbranched alkanes of at least 4 members (excludes halogenated alkanes) is 3. The van der Waals surface area contributed by atoms with Gasteiger partial charge in [0, 0.05) is 0 Å². The van der Waals surface area contributed by atoms with E-state index in [0.29, 0.717) is 37.1 Å². The van der Waals surface area contributed by atoms with Crippen LogP contribution < -0.4 is 26.9 Å². The summed E-state index contributed by atoms with van der Waals surface area (Å²) in [4.78, 5) is 38.3. The summed E-state index contributed by atoms with van der Waals surface area (Å²) in [5, 5.41) is 0. The van der Waals surface area contributed by atoms with Crippen LogP contribution in [0.3, 0.4) is 0 Å². The minimum absolute atomic E-state index is 0.123. The van der Waals surface area contributed by atoms with Gasteiger partial charge in [0.1, 0.15) is 0 Å². The normalized spacial score (nSPS) is 11.0. The molecule has 0 spiro atoms. The van der Waals surface area contributed by atoms with Crippen molar-refractivity contribution in [3.8, 4) is 17.2 Å². The zero-order valence-electron chi connectivity index (χ0n) is 24.9. The molecule has 3 aromatic heterocycles. The fourth-order valence-corrected chi connectivity index (χ4v) is 6.13.